The van der Waals surface area contributed by atoms with Gasteiger partial charge in [-0.2, -0.15) is 0 Å². The number of hydrogen-bond acceptors (Lipinski definition) is 5. The molecule has 0 aromatic heterocycles. The van der Waals surface area contributed by atoms with Crippen molar-refractivity contribution < 1.29 is 19.5 Å². The number of benzene rings is 1. The molecule has 0 bridgehead atoms. The van der Waals surface area contributed by atoms with Crippen LogP contribution in [0.4, 0.5) is 0 Å². The highest BCUT2D eigenvalue weighted by Crippen LogP contribution is 2.44. The summed E-state index contributed by atoms with van der Waals surface area (Å²) in [5.41, 5.74) is 12.7. The molecule has 6 N–H and O–H groups in total. The van der Waals surface area contributed by atoms with Crippen molar-refractivity contribution in [3.05, 3.63) is 58.7 Å². The van der Waals surface area contributed by atoms with Crippen LogP contribution in [0.5, 0.6) is 0 Å². The minimum Gasteiger partial charge on any atom is -0.391 e. The van der Waals surface area contributed by atoms with E-state index in [1.54, 1.807) is 4.90 Å². The maximum Gasteiger partial charge on any atom is 0.249 e. The van der Waals surface area contributed by atoms with Gasteiger partial charge in [0.05, 0.1) is 11.5 Å². The van der Waals surface area contributed by atoms with Gasteiger partial charge in [0.15, 0.2) is 0 Å². The highest BCUT2D eigenvalue weighted by Gasteiger charge is 2.49. The van der Waals surface area contributed by atoms with Crippen molar-refractivity contribution in [1.29, 1.82) is 0 Å². The van der Waals surface area contributed by atoms with Gasteiger partial charge in [0.1, 0.15) is 0 Å². The topological polar surface area (TPSA) is 139 Å². The zero-order valence-electron chi connectivity index (χ0n) is 24.3. The van der Waals surface area contributed by atoms with Crippen LogP contribution in [0.1, 0.15) is 64.5 Å². The van der Waals surface area contributed by atoms with Crippen molar-refractivity contribution in [1.82, 2.24) is 10.2 Å². The maximum atomic E-state index is 13.7. The Kier molecular flexibility index (Phi) is 12.4. The van der Waals surface area contributed by atoms with Gasteiger partial charge in [0, 0.05) is 36.7 Å². The fourth-order valence-corrected chi connectivity index (χ4v) is 5.38. The quantitative estimate of drug-likeness (QED) is 0.239. The number of aliphatic hydroxyl groups excluding tert-OH is 1. The molecule has 0 heterocycles. The molecule has 0 radical (unpaired) electrons. The van der Waals surface area contributed by atoms with Crippen molar-refractivity contribution in [2.24, 2.45) is 28.7 Å². The predicted octanol–water partition coefficient (Wildman–Crippen LogP) is 3.01. The van der Waals surface area contributed by atoms with Gasteiger partial charge in [-0.3, -0.25) is 14.4 Å². The summed E-state index contributed by atoms with van der Waals surface area (Å²) >= 11 is 0. The van der Waals surface area contributed by atoms with Gasteiger partial charge in [-0.15, -0.1) is 0 Å². The lowest BCUT2D eigenvalue weighted by molar-refractivity contribution is -0.132. The van der Waals surface area contributed by atoms with Gasteiger partial charge in [-0.05, 0) is 63.1 Å². The van der Waals surface area contributed by atoms with Gasteiger partial charge in [0.25, 0.3) is 0 Å². The van der Waals surface area contributed by atoms with Crippen molar-refractivity contribution >= 4 is 17.7 Å². The minimum atomic E-state index is -1.49. The summed E-state index contributed by atoms with van der Waals surface area (Å²) in [5, 5.41) is 14.9. The lowest BCUT2D eigenvalue weighted by Gasteiger charge is -2.42. The summed E-state index contributed by atoms with van der Waals surface area (Å²) in [7, 11) is 0. The van der Waals surface area contributed by atoms with Gasteiger partial charge >= 0.3 is 0 Å². The third kappa shape index (κ3) is 8.77. The van der Waals surface area contributed by atoms with E-state index in [1.165, 1.54) is 12.2 Å². The number of carbonyl (C=O) groups is 3. The average molecular weight is 541 g/mol. The van der Waals surface area contributed by atoms with Crippen LogP contribution in [0, 0.1) is 24.2 Å². The summed E-state index contributed by atoms with van der Waals surface area (Å²) in [5.74, 6) is -1.89. The average Bonchev–Trinajstić information content (AvgIpc) is 2.88. The number of primary amides is 2. The molecule has 1 aromatic carbocycles. The summed E-state index contributed by atoms with van der Waals surface area (Å²) in [4.78, 5) is 41.3. The Morgan fingerprint density at radius 1 is 1.13 bits per heavy atom. The predicted molar refractivity (Wildman–Crippen MR) is 155 cm³/mol. The van der Waals surface area contributed by atoms with E-state index in [0.29, 0.717) is 37.5 Å². The molecule has 0 spiro atoms. The Hall–Kier alpha value is -2.97. The van der Waals surface area contributed by atoms with Crippen molar-refractivity contribution in [3.63, 3.8) is 0 Å². The molecule has 1 aliphatic rings. The summed E-state index contributed by atoms with van der Waals surface area (Å²) in [6, 6.07) is 7.86. The summed E-state index contributed by atoms with van der Waals surface area (Å²) in [6.45, 7) is 12.3. The zero-order chi connectivity index (χ0) is 29.2. The number of rotatable bonds is 16. The van der Waals surface area contributed by atoms with E-state index in [9.17, 15) is 19.5 Å². The standard InChI is InChI=1S/C31H48N4O4/c1-6-13-35(14-7-2)29(38)25-17-24(28(32)37)18-31(19-25,30(33)39)26(16-23-10-8-9-22(5)15-23)27(36)20-34-12-11-21(3)4/h8-10,15,17-18,21,26-27,34,36H,6-7,11-14,16,19-20H2,1-5H3,(H2,32,37)(H2,33,39)/t26-,27+,31?/m1/s1. The van der Waals surface area contributed by atoms with Crippen LogP contribution in [-0.4, -0.2) is 60.0 Å². The summed E-state index contributed by atoms with van der Waals surface area (Å²) < 4.78 is 0. The molecule has 3 amide bonds. The molecular weight excluding hydrogens is 492 g/mol. The van der Waals surface area contributed by atoms with Crippen LogP contribution in [0.25, 0.3) is 0 Å². The smallest absolute Gasteiger partial charge is 0.249 e. The van der Waals surface area contributed by atoms with E-state index in [-0.39, 0.29) is 24.4 Å². The molecule has 216 valence electrons. The molecule has 0 fully saturated rings. The van der Waals surface area contributed by atoms with Gasteiger partial charge in [0.2, 0.25) is 17.7 Å². The monoisotopic (exact) mass is 540 g/mol. The second kappa shape index (κ2) is 15.0. The first-order valence-corrected chi connectivity index (χ1v) is 14.2. The molecule has 1 aliphatic carbocycles. The number of aliphatic hydroxyl groups is 1. The fourth-order valence-electron chi connectivity index (χ4n) is 5.38. The number of nitrogens with one attached hydrogen (secondary N) is 1. The number of nitrogens with zero attached hydrogens (tertiary/aromatic N) is 1. The SMILES string of the molecule is CCCN(CCC)C(=O)C1=CC(C(N)=O)=CC(C(N)=O)([C@H](Cc2cccc(C)c2)[C@@H](O)CNCCC(C)C)C1. The normalized spacial score (nSPS) is 18.7. The molecule has 1 unspecified atom stereocenters. The van der Waals surface area contributed by atoms with Crippen molar-refractivity contribution in [2.45, 2.75) is 72.8 Å². The number of hydrogen-bond donors (Lipinski definition) is 4. The molecular formula is C31H48N4O4. The van der Waals surface area contributed by atoms with Crippen LogP contribution < -0.4 is 16.8 Å². The first-order valence-electron chi connectivity index (χ1n) is 14.2. The third-order valence-electron chi connectivity index (χ3n) is 7.43. The lowest BCUT2D eigenvalue weighted by Crippen LogP contribution is -2.52. The molecule has 39 heavy (non-hydrogen) atoms. The molecule has 1 aromatic rings. The third-order valence-corrected chi connectivity index (χ3v) is 7.43. The molecule has 0 saturated carbocycles. The van der Waals surface area contributed by atoms with Gasteiger partial charge in [-0.25, -0.2) is 0 Å². The van der Waals surface area contributed by atoms with Gasteiger partial charge < -0.3 is 26.8 Å². The van der Waals surface area contributed by atoms with Crippen LogP contribution in [0.3, 0.4) is 0 Å². The van der Waals surface area contributed by atoms with E-state index in [2.05, 4.69) is 19.2 Å². The number of aryl methyl sites for hydroxylation is 1. The number of nitrogens with two attached hydrogens (primary N) is 2. The van der Waals surface area contributed by atoms with E-state index >= 15 is 0 Å². The van der Waals surface area contributed by atoms with Crippen LogP contribution in [-0.2, 0) is 20.8 Å². The second-order valence-electron chi connectivity index (χ2n) is 11.3. The zero-order valence-corrected chi connectivity index (χ0v) is 24.3. The Bertz CT molecular complexity index is 1060. The van der Waals surface area contributed by atoms with Crippen molar-refractivity contribution in [2.75, 3.05) is 26.2 Å². The largest absolute Gasteiger partial charge is 0.391 e. The maximum absolute atomic E-state index is 13.7. The highest BCUT2D eigenvalue weighted by molar-refractivity contribution is 6.03. The first-order chi connectivity index (χ1) is 18.4. The Morgan fingerprint density at radius 2 is 1.79 bits per heavy atom. The first kappa shape index (κ1) is 32.2. The molecule has 0 saturated heterocycles. The molecule has 8 nitrogen and oxygen atoms in total. The highest BCUT2D eigenvalue weighted by atomic mass is 16.3. The van der Waals surface area contributed by atoms with E-state index in [4.69, 9.17) is 11.5 Å². The lowest BCUT2D eigenvalue weighted by atomic mass is 9.63. The summed E-state index contributed by atoms with van der Waals surface area (Å²) in [6.07, 6.45) is 4.81. The molecule has 2 rings (SSSR count). The number of amides is 3. The minimum absolute atomic E-state index is 0.0125. The Labute approximate surface area is 233 Å². The Balaban J connectivity index is 2.59. The van der Waals surface area contributed by atoms with Gasteiger partial charge in [-0.1, -0.05) is 63.6 Å². The molecule has 8 heteroatoms. The fraction of sp³-hybridized carbons (Fsp3) is 0.581. The van der Waals surface area contributed by atoms with Crippen LogP contribution in [0.2, 0.25) is 0 Å². The molecule has 3 atom stereocenters. The molecule has 0 aliphatic heterocycles. The van der Waals surface area contributed by atoms with Crippen LogP contribution in [0.15, 0.2) is 47.6 Å². The second-order valence-corrected chi connectivity index (χ2v) is 11.3. The van der Waals surface area contributed by atoms with E-state index in [1.807, 2.05) is 45.0 Å². The van der Waals surface area contributed by atoms with E-state index in [0.717, 1.165) is 30.4 Å². The number of carbonyl (C=O) groups excluding carboxylic acids is 3. The Morgan fingerprint density at radius 3 is 2.33 bits per heavy atom. The van der Waals surface area contributed by atoms with Crippen LogP contribution >= 0.6 is 0 Å². The van der Waals surface area contributed by atoms with E-state index < -0.39 is 29.3 Å². The van der Waals surface area contributed by atoms with Crippen molar-refractivity contribution in [3.8, 4) is 0 Å².